The van der Waals surface area contributed by atoms with Crippen LogP contribution in [-0.2, 0) is 0 Å². The fourth-order valence-corrected chi connectivity index (χ4v) is 2.45. The van der Waals surface area contributed by atoms with Gasteiger partial charge in [-0.1, -0.05) is 11.6 Å². The molecule has 0 unspecified atom stereocenters. The molecule has 3 rings (SSSR count). The topological polar surface area (TPSA) is 67.3 Å². The Morgan fingerprint density at radius 1 is 1.41 bits per heavy atom. The van der Waals surface area contributed by atoms with Crippen LogP contribution in [0.15, 0.2) is 16.5 Å². The smallest absolute Gasteiger partial charge is 0.189 e. The lowest BCUT2D eigenvalue weighted by molar-refractivity contribution is 0.858. The number of nitrogens with one attached hydrogen (secondary N) is 1. The molecule has 0 aliphatic heterocycles. The van der Waals surface area contributed by atoms with E-state index < -0.39 is 0 Å². The van der Waals surface area contributed by atoms with E-state index in [1.807, 2.05) is 6.92 Å². The van der Waals surface area contributed by atoms with Crippen molar-refractivity contribution in [2.45, 2.75) is 35.9 Å². The Labute approximate surface area is 107 Å². The molecule has 0 bridgehead atoms. The summed E-state index contributed by atoms with van der Waals surface area (Å²) < 4.78 is 0. The molecule has 17 heavy (non-hydrogen) atoms. The molecule has 0 radical (unpaired) electrons. The molecule has 7 heteroatoms. The van der Waals surface area contributed by atoms with Gasteiger partial charge in [0, 0.05) is 11.5 Å². The SMILES string of the molecule is Cc1c(Cl)nc(C2CC2)nc1Sc1ncn[nH]1. The number of rotatable bonds is 3. The van der Waals surface area contributed by atoms with E-state index >= 15 is 0 Å². The second kappa shape index (κ2) is 4.27. The summed E-state index contributed by atoms with van der Waals surface area (Å²) in [4.78, 5) is 12.9. The first-order valence-corrected chi connectivity index (χ1v) is 6.50. The van der Waals surface area contributed by atoms with Gasteiger partial charge < -0.3 is 0 Å². The first kappa shape index (κ1) is 11.0. The van der Waals surface area contributed by atoms with Gasteiger partial charge in [0.15, 0.2) is 5.16 Å². The fraction of sp³-hybridized carbons (Fsp3) is 0.400. The van der Waals surface area contributed by atoms with E-state index in [0.29, 0.717) is 16.2 Å². The lowest BCUT2D eigenvalue weighted by Crippen LogP contribution is -1.98. The van der Waals surface area contributed by atoms with Gasteiger partial charge in [-0.25, -0.2) is 15.0 Å². The van der Waals surface area contributed by atoms with Gasteiger partial charge in [0.25, 0.3) is 0 Å². The minimum atomic E-state index is 0.488. The van der Waals surface area contributed by atoms with Crippen LogP contribution in [0.2, 0.25) is 5.15 Å². The molecular weight excluding hydrogens is 258 g/mol. The molecule has 2 aromatic heterocycles. The Morgan fingerprint density at radius 3 is 2.88 bits per heavy atom. The molecule has 0 spiro atoms. The van der Waals surface area contributed by atoms with Crippen molar-refractivity contribution < 1.29 is 0 Å². The number of nitrogens with zero attached hydrogens (tertiary/aromatic N) is 4. The molecule has 1 aliphatic rings. The van der Waals surface area contributed by atoms with Gasteiger partial charge in [-0.05, 0) is 31.5 Å². The molecule has 0 atom stereocenters. The van der Waals surface area contributed by atoms with Gasteiger partial charge >= 0.3 is 0 Å². The van der Waals surface area contributed by atoms with Crippen molar-refractivity contribution in [3.8, 4) is 0 Å². The summed E-state index contributed by atoms with van der Waals surface area (Å²) in [5, 5.41) is 8.70. The third-order valence-corrected chi connectivity index (χ3v) is 3.94. The monoisotopic (exact) mass is 267 g/mol. The highest BCUT2D eigenvalue weighted by molar-refractivity contribution is 7.99. The molecule has 88 valence electrons. The zero-order chi connectivity index (χ0) is 11.8. The molecular formula is C10H10ClN5S. The third-order valence-electron chi connectivity index (χ3n) is 2.59. The fourth-order valence-electron chi connectivity index (χ4n) is 1.44. The Hall–Kier alpha value is -1.14. The van der Waals surface area contributed by atoms with E-state index in [2.05, 4.69) is 25.1 Å². The average molecular weight is 268 g/mol. The van der Waals surface area contributed by atoms with Crippen LogP contribution in [0.25, 0.3) is 0 Å². The van der Waals surface area contributed by atoms with E-state index in [1.165, 1.54) is 18.1 Å². The van der Waals surface area contributed by atoms with Crippen molar-refractivity contribution in [3.63, 3.8) is 0 Å². The molecule has 0 aromatic carbocycles. The maximum atomic E-state index is 6.12. The highest BCUT2D eigenvalue weighted by atomic mass is 35.5. The maximum Gasteiger partial charge on any atom is 0.189 e. The number of hydrogen-bond donors (Lipinski definition) is 1. The lowest BCUT2D eigenvalue weighted by Gasteiger charge is -2.06. The van der Waals surface area contributed by atoms with E-state index in [1.54, 1.807) is 0 Å². The molecule has 2 heterocycles. The van der Waals surface area contributed by atoms with Crippen LogP contribution >= 0.6 is 23.4 Å². The summed E-state index contributed by atoms with van der Waals surface area (Å²) >= 11 is 7.55. The summed E-state index contributed by atoms with van der Waals surface area (Å²) in [6.45, 7) is 1.91. The summed E-state index contributed by atoms with van der Waals surface area (Å²) in [6, 6.07) is 0. The molecule has 1 aliphatic carbocycles. The summed E-state index contributed by atoms with van der Waals surface area (Å²) in [7, 11) is 0. The molecule has 2 aromatic rings. The van der Waals surface area contributed by atoms with Gasteiger partial charge in [-0.15, -0.1) is 0 Å². The molecule has 0 saturated heterocycles. The zero-order valence-electron chi connectivity index (χ0n) is 9.14. The Balaban J connectivity index is 1.96. The molecule has 1 saturated carbocycles. The summed E-state index contributed by atoms with van der Waals surface area (Å²) in [6.07, 6.45) is 3.79. The third kappa shape index (κ3) is 2.28. The van der Waals surface area contributed by atoms with Gasteiger partial charge in [-0.3, -0.25) is 5.10 Å². The quantitative estimate of drug-likeness (QED) is 0.866. The molecule has 0 amide bonds. The van der Waals surface area contributed by atoms with Crippen LogP contribution < -0.4 is 0 Å². The first-order valence-electron chi connectivity index (χ1n) is 5.31. The summed E-state index contributed by atoms with van der Waals surface area (Å²) in [5.41, 5.74) is 0.887. The lowest BCUT2D eigenvalue weighted by atomic mass is 10.3. The van der Waals surface area contributed by atoms with Gasteiger partial charge in [-0.2, -0.15) is 5.10 Å². The number of aromatic nitrogens is 5. The number of hydrogen-bond acceptors (Lipinski definition) is 5. The van der Waals surface area contributed by atoms with Gasteiger partial charge in [0.1, 0.15) is 22.3 Å². The highest BCUT2D eigenvalue weighted by Gasteiger charge is 2.28. The van der Waals surface area contributed by atoms with E-state index in [4.69, 9.17) is 11.6 Å². The van der Waals surface area contributed by atoms with Crippen LogP contribution in [0.4, 0.5) is 0 Å². The van der Waals surface area contributed by atoms with E-state index in [9.17, 15) is 0 Å². The van der Waals surface area contributed by atoms with Crippen LogP contribution in [0.5, 0.6) is 0 Å². The highest BCUT2D eigenvalue weighted by Crippen LogP contribution is 2.40. The van der Waals surface area contributed by atoms with Gasteiger partial charge in [0.2, 0.25) is 0 Å². The minimum absolute atomic E-state index is 0.488. The van der Waals surface area contributed by atoms with E-state index in [-0.39, 0.29) is 0 Å². The van der Waals surface area contributed by atoms with Gasteiger partial charge in [0.05, 0.1) is 0 Å². The van der Waals surface area contributed by atoms with Crippen LogP contribution in [0.3, 0.4) is 0 Å². The Bertz CT molecular complexity index is 538. The van der Waals surface area contributed by atoms with Crippen molar-refractivity contribution in [1.29, 1.82) is 0 Å². The standard InChI is InChI=1S/C10H10ClN5S/c1-5-7(11)14-8(6-2-3-6)15-9(5)17-10-12-4-13-16-10/h4,6H,2-3H2,1H3,(H,12,13,16). The van der Waals surface area contributed by atoms with Crippen molar-refractivity contribution in [2.24, 2.45) is 0 Å². The summed E-state index contributed by atoms with van der Waals surface area (Å²) in [5.74, 6) is 1.34. The predicted molar refractivity (Wildman–Crippen MR) is 64.3 cm³/mol. The molecule has 5 nitrogen and oxygen atoms in total. The second-order valence-corrected chi connectivity index (χ2v) is 5.31. The Morgan fingerprint density at radius 2 is 2.24 bits per heavy atom. The van der Waals surface area contributed by atoms with Crippen molar-refractivity contribution in [1.82, 2.24) is 25.1 Å². The van der Waals surface area contributed by atoms with Crippen LogP contribution in [0.1, 0.15) is 30.1 Å². The maximum absolute atomic E-state index is 6.12. The number of aromatic amines is 1. The largest absolute Gasteiger partial charge is 0.254 e. The zero-order valence-corrected chi connectivity index (χ0v) is 10.7. The van der Waals surface area contributed by atoms with E-state index in [0.717, 1.165) is 29.3 Å². The Kier molecular flexibility index (Phi) is 2.76. The predicted octanol–water partition coefficient (Wildman–Crippen LogP) is 2.59. The number of H-pyrrole nitrogens is 1. The van der Waals surface area contributed by atoms with Crippen molar-refractivity contribution in [2.75, 3.05) is 0 Å². The van der Waals surface area contributed by atoms with Crippen molar-refractivity contribution >= 4 is 23.4 Å². The van der Waals surface area contributed by atoms with Crippen LogP contribution in [0, 0.1) is 6.92 Å². The number of halogens is 1. The van der Waals surface area contributed by atoms with Crippen LogP contribution in [-0.4, -0.2) is 25.1 Å². The normalized spacial score (nSPS) is 15.2. The second-order valence-electron chi connectivity index (χ2n) is 3.97. The first-order chi connectivity index (χ1) is 8.24. The van der Waals surface area contributed by atoms with Crippen molar-refractivity contribution in [3.05, 3.63) is 22.9 Å². The molecule has 1 fully saturated rings. The molecule has 1 N–H and O–H groups in total. The average Bonchev–Trinajstić information content (AvgIpc) is 3.04. The minimum Gasteiger partial charge on any atom is -0.254 e.